The topological polar surface area (TPSA) is 116 Å². The van der Waals surface area contributed by atoms with E-state index in [1.807, 2.05) is 6.07 Å². The average molecular weight is 601 g/mol. The number of halogens is 1. The van der Waals surface area contributed by atoms with Crippen LogP contribution in [0.2, 0.25) is 5.02 Å². The molecule has 0 saturated heterocycles. The Labute approximate surface area is 246 Å². The minimum absolute atomic E-state index is 0.0463. The van der Waals surface area contributed by atoms with E-state index in [0.717, 1.165) is 42.8 Å². The van der Waals surface area contributed by atoms with Gasteiger partial charge in [0.1, 0.15) is 11.0 Å². The SMILES string of the molecule is C[C@@H]1[C@H](O)C/C=C/[C@H](O)[C@@H]2CC[C@H]2CN2C[C@@]3(CCCc4cc(Cl)ccc43)COc3ccc(cc32)C(=O)NS1(=O)=O. The third-order valence-corrected chi connectivity index (χ3v) is 11.6. The number of nitrogens with one attached hydrogen (secondary N) is 1. The zero-order valence-electron chi connectivity index (χ0n) is 23.1. The molecule has 1 fully saturated rings. The van der Waals surface area contributed by atoms with Crippen molar-refractivity contribution in [2.45, 2.75) is 68.3 Å². The first-order valence-corrected chi connectivity index (χ1v) is 16.4. The Morgan fingerprint density at radius 3 is 2.76 bits per heavy atom. The van der Waals surface area contributed by atoms with Gasteiger partial charge in [0.15, 0.2) is 0 Å². The summed E-state index contributed by atoms with van der Waals surface area (Å²) in [5, 5.41) is 21.0. The average Bonchev–Trinajstić information content (AvgIpc) is 3.06. The molecule has 220 valence electrons. The van der Waals surface area contributed by atoms with Crippen LogP contribution >= 0.6 is 11.6 Å². The monoisotopic (exact) mass is 600 g/mol. The maximum Gasteiger partial charge on any atom is 0.264 e. The zero-order valence-corrected chi connectivity index (χ0v) is 24.7. The van der Waals surface area contributed by atoms with Crippen molar-refractivity contribution < 1.29 is 28.2 Å². The number of amides is 1. The molecule has 3 N–H and O–H groups in total. The van der Waals surface area contributed by atoms with E-state index in [-0.39, 0.29) is 29.2 Å². The smallest absolute Gasteiger partial charge is 0.264 e. The number of aryl methyl sites for hydroxylation is 1. The largest absolute Gasteiger partial charge is 0.490 e. The number of aliphatic hydroxyl groups is 2. The lowest BCUT2D eigenvalue weighted by Gasteiger charge is -2.45. The molecule has 41 heavy (non-hydrogen) atoms. The minimum atomic E-state index is -4.16. The fourth-order valence-electron chi connectivity index (χ4n) is 6.99. The highest BCUT2D eigenvalue weighted by atomic mass is 35.5. The molecule has 2 aromatic rings. The quantitative estimate of drug-likeness (QED) is 0.392. The standard InChI is InChI=1S/C31H37ClN2O6S/c1-19-27(35)5-2-6-28(36)24-10-7-22(24)16-34-17-31(13-3-4-20-14-23(32)9-11-25(20)31)18-40-29-12-8-21(15-26(29)34)30(37)33-41(19,38)39/h2,6,8-9,11-12,14-15,19,22,24,27-28,35-36H,3-5,7,10,13,16-18H2,1H3,(H,33,37)/b6-2+/t19-,22+,24-,27-,28+,31+/m1/s1. The second-order valence-corrected chi connectivity index (χ2v) is 14.7. The highest BCUT2D eigenvalue weighted by Crippen LogP contribution is 2.46. The predicted octanol–water partition coefficient (Wildman–Crippen LogP) is 3.97. The van der Waals surface area contributed by atoms with Crippen LogP contribution in [0.4, 0.5) is 5.69 Å². The van der Waals surface area contributed by atoms with Gasteiger partial charge < -0.3 is 19.8 Å². The van der Waals surface area contributed by atoms with Crippen molar-refractivity contribution in [2.24, 2.45) is 11.8 Å². The van der Waals surface area contributed by atoms with Crippen molar-refractivity contribution in [2.75, 3.05) is 24.6 Å². The van der Waals surface area contributed by atoms with E-state index in [4.69, 9.17) is 16.3 Å². The summed E-state index contributed by atoms with van der Waals surface area (Å²) < 4.78 is 34.6. The number of rotatable bonds is 0. The van der Waals surface area contributed by atoms with E-state index < -0.39 is 33.4 Å². The summed E-state index contributed by atoms with van der Waals surface area (Å²) in [6.45, 7) is 3.17. The number of ether oxygens (including phenoxy) is 1. The van der Waals surface area contributed by atoms with E-state index >= 15 is 0 Å². The lowest BCUT2D eigenvalue weighted by molar-refractivity contribution is 0.0454. The van der Waals surface area contributed by atoms with Crippen LogP contribution in [-0.4, -0.2) is 61.7 Å². The van der Waals surface area contributed by atoms with Gasteiger partial charge in [-0.05, 0) is 98.7 Å². The van der Waals surface area contributed by atoms with Crippen LogP contribution < -0.4 is 14.4 Å². The van der Waals surface area contributed by atoms with Gasteiger partial charge in [0.05, 0.1) is 24.5 Å². The van der Waals surface area contributed by atoms with E-state index in [2.05, 4.69) is 21.8 Å². The normalized spacial score (nSPS) is 33.8. The Hall–Kier alpha value is -2.59. The number of sulfonamides is 1. The van der Waals surface area contributed by atoms with E-state index in [9.17, 15) is 23.4 Å². The van der Waals surface area contributed by atoms with Gasteiger partial charge >= 0.3 is 0 Å². The molecule has 8 nitrogen and oxygen atoms in total. The molecule has 2 aliphatic carbocycles. The first kappa shape index (κ1) is 28.5. The Morgan fingerprint density at radius 2 is 1.98 bits per heavy atom. The summed E-state index contributed by atoms with van der Waals surface area (Å²) in [4.78, 5) is 15.5. The molecule has 6 rings (SSSR count). The van der Waals surface area contributed by atoms with Crippen molar-refractivity contribution in [3.8, 4) is 5.75 Å². The molecule has 0 aromatic heterocycles. The maximum absolute atomic E-state index is 13.2. The molecule has 2 aliphatic heterocycles. The first-order chi connectivity index (χ1) is 19.6. The third-order valence-electron chi connectivity index (χ3n) is 9.65. The molecule has 1 spiro atoms. The molecule has 6 atom stereocenters. The molecule has 1 amide bonds. The summed E-state index contributed by atoms with van der Waals surface area (Å²) >= 11 is 6.36. The molecule has 0 radical (unpaired) electrons. The number of anilines is 1. The summed E-state index contributed by atoms with van der Waals surface area (Å²) in [5.74, 6) is 0.164. The van der Waals surface area contributed by atoms with E-state index in [1.165, 1.54) is 18.1 Å². The van der Waals surface area contributed by atoms with Gasteiger partial charge in [-0.1, -0.05) is 29.8 Å². The van der Waals surface area contributed by atoms with Gasteiger partial charge in [-0.15, -0.1) is 0 Å². The Morgan fingerprint density at radius 1 is 1.15 bits per heavy atom. The molecule has 0 unspecified atom stereocenters. The van der Waals surface area contributed by atoms with Gasteiger partial charge in [-0.2, -0.15) is 0 Å². The summed E-state index contributed by atoms with van der Waals surface area (Å²) in [6, 6.07) is 11.1. The van der Waals surface area contributed by atoms with Crippen LogP contribution in [0, 0.1) is 11.8 Å². The van der Waals surface area contributed by atoms with Crippen molar-refractivity contribution >= 4 is 33.2 Å². The fraction of sp³-hybridized carbons (Fsp3) is 0.516. The number of carbonyl (C=O) groups is 1. The molecule has 10 heteroatoms. The number of aliphatic hydroxyl groups excluding tert-OH is 2. The van der Waals surface area contributed by atoms with Crippen LogP contribution in [0.25, 0.3) is 0 Å². The molecule has 2 aromatic carbocycles. The molecule has 1 saturated carbocycles. The predicted molar refractivity (Wildman–Crippen MR) is 158 cm³/mol. The van der Waals surface area contributed by atoms with Gasteiger partial charge in [0, 0.05) is 29.1 Å². The Bertz CT molecular complexity index is 1480. The molecular weight excluding hydrogens is 564 g/mol. The Kier molecular flexibility index (Phi) is 7.59. The van der Waals surface area contributed by atoms with Crippen molar-refractivity contribution in [3.63, 3.8) is 0 Å². The van der Waals surface area contributed by atoms with Crippen molar-refractivity contribution in [3.05, 3.63) is 70.3 Å². The molecule has 2 heterocycles. The maximum atomic E-state index is 13.2. The highest BCUT2D eigenvalue weighted by molar-refractivity contribution is 7.90. The Balaban J connectivity index is 1.42. The van der Waals surface area contributed by atoms with Crippen LogP contribution in [0.3, 0.4) is 0 Å². The summed E-state index contributed by atoms with van der Waals surface area (Å²) in [6.07, 6.45) is 6.21. The number of hydrogen-bond donors (Lipinski definition) is 3. The molecule has 2 bridgehead atoms. The summed E-state index contributed by atoms with van der Waals surface area (Å²) in [7, 11) is -4.16. The van der Waals surface area contributed by atoms with Gasteiger partial charge in [0.25, 0.3) is 5.91 Å². The lowest BCUT2D eigenvalue weighted by atomic mass is 9.68. The second-order valence-electron chi connectivity index (χ2n) is 12.2. The number of hydrogen-bond acceptors (Lipinski definition) is 7. The van der Waals surface area contributed by atoms with Gasteiger partial charge in [-0.25, -0.2) is 13.1 Å². The molecular formula is C31H37ClN2O6S. The highest BCUT2D eigenvalue weighted by Gasteiger charge is 2.44. The first-order valence-electron chi connectivity index (χ1n) is 14.5. The van der Waals surface area contributed by atoms with Crippen LogP contribution in [-0.2, 0) is 21.9 Å². The zero-order chi connectivity index (χ0) is 28.9. The van der Waals surface area contributed by atoms with Gasteiger partial charge in [0.2, 0.25) is 10.0 Å². The third kappa shape index (κ3) is 5.38. The number of fused-ring (bicyclic) bond motifs is 4. The van der Waals surface area contributed by atoms with E-state index in [1.54, 1.807) is 30.4 Å². The second kappa shape index (κ2) is 10.9. The van der Waals surface area contributed by atoms with Crippen LogP contribution in [0.1, 0.15) is 60.5 Å². The molecule has 4 aliphatic rings. The van der Waals surface area contributed by atoms with Crippen molar-refractivity contribution in [1.29, 1.82) is 0 Å². The summed E-state index contributed by atoms with van der Waals surface area (Å²) in [5.41, 5.74) is 3.12. The fourth-order valence-corrected chi connectivity index (χ4v) is 8.27. The van der Waals surface area contributed by atoms with Crippen molar-refractivity contribution in [1.82, 2.24) is 4.72 Å². The van der Waals surface area contributed by atoms with Crippen LogP contribution in [0.15, 0.2) is 48.6 Å². The number of carbonyl (C=O) groups excluding carboxylic acids is 1. The van der Waals surface area contributed by atoms with E-state index in [0.29, 0.717) is 25.4 Å². The number of benzene rings is 2. The van der Waals surface area contributed by atoms with Crippen LogP contribution in [0.5, 0.6) is 5.75 Å². The van der Waals surface area contributed by atoms with Gasteiger partial charge in [-0.3, -0.25) is 4.79 Å². The number of nitrogens with zero attached hydrogens (tertiary/aromatic N) is 1. The lowest BCUT2D eigenvalue weighted by Crippen LogP contribution is -2.49. The minimum Gasteiger partial charge on any atom is -0.490 e.